The Morgan fingerprint density at radius 3 is 2.62 bits per heavy atom. The van der Waals surface area contributed by atoms with Crippen molar-refractivity contribution in [3.05, 3.63) is 58.0 Å². The van der Waals surface area contributed by atoms with Gasteiger partial charge in [0.1, 0.15) is 5.82 Å². The molecule has 4 nitrogen and oxygen atoms in total. The smallest absolute Gasteiger partial charge is 0.338 e. The van der Waals surface area contributed by atoms with E-state index in [2.05, 4.69) is 5.32 Å². The number of hydrogen-bond donors (Lipinski definition) is 1. The van der Waals surface area contributed by atoms with Gasteiger partial charge in [-0.2, -0.15) is 0 Å². The van der Waals surface area contributed by atoms with Crippen molar-refractivity contribution >= 4 is 23.2 Å². The first-order valence-electron chi connectivity index (χ1n) is 6.31. The van der Waals surface area contributed by atoms with Crippen molar-refractivity contribution in [3.63, 3.8) is 0 Å². The maximum atomic E-state index is 12.7. The minimum Gasteiger partial charge on any atom is -0.452 e. The molecule has 1 amide bonds. The third kappa shape index (κ3) is 4.39. The van der Waals surface area contributed by atoms with E-state index in [1.54, 1.807) is 0 Å². The Bertz CT molecular complexity index is 610. The second kappa shape index (κ2) is 6.99. The van der Waals surface area contributed by atoms with Crippen LogP contribution in [0, 0.1) is 5.82 Å². The molecule has 21 heavy (non-hydrogen) atoms. The molecule has 0 unspecified atom stereocenters. The van der Waals surface area contributed by atoms with Crippen LogP contribution < -0.4 is 5.32 Å². The van der Waals surface area contributed by atoms with Gasteiger partial charge in [-0.15, -0.1) is 11.3 Å². The number of esters is 1. The van der Waals surface area contributed by atoms with E-state index in [9.17, 15) is 14.0 Å². The number of thiophene rings is 1. The summed E-state index contributed by atoms with van der Waals surface area (Å²) in [4.78, 5) is 24.4. The van der Waals surface area contributed by atoms with E-state index in [0.29, 0.717) is 0 Å². The minimum absolute atomic E-state index is 0.137. The van der Waals surface area contributed by atoms with E-state index >= 15 is 0 Å². The summed E-state index contributed by atoms with van der Waals surface area (Å²) in [6, 6.07) is 8.62. The van der Waals surface area contributed by atoms with Crippen molar-refractivity contribution in [2.75, 3.05) is 6.61 Å². The fourth-order valence-corrected chi connectivity index (χ4v) is 2.43. The summed E-state index contributed by atoms with van der Waals surface area (Å²) in [6.45, 7) is 1.48. The van der Waals surface area contributed by atoms with Gasteiger partial charge in [0.05, 0.1) is 11.6 Å². The van der Waals surface area contributed by atoms with Gasteiger partial charge in [-0.3, -0.25) is 4.79 Å². The van der Waals surface area contributed by atoms with Gasteiger partial charge in [-0.25, -0.2) is 9.18 Å². The normalized spacial score (nSPS) is 11.7. The SMILES string of the molecule is C[C@@H](NC(=O)COC(=O)c1ccc(F)cc1)c1cccs1. The van der Waals surface area contributed by atoms with Crippen LogP contribution >= 0.6 is 11.3 Å². The molecule has 0 fully saturated rings. The largest absolute Gasteiger partial charge is 0.452 e. The molecule has 2 aromatic rings. The first kappa shape index (κ1) is 15.2. The lowest BCUT2D eigenvalue weighted by atomic mass is 10.2. The minimum atomic E-state index is -0.658. The van der Waals surface area contributed by atoms with Crippen molar-refractivity contribution in [2.24, 2.45) is 0 Å². The molecule has 1 aromatic carbocycles. The lowest BCUT2D eigenvalue weighted by molar-refractivity contribution is -0.124. The van der Waals surface area contributed by atoms with Crippen LogP contribution in [0.3, 0.4) is 0 Å². The number of amides is 1. The van der Waals surface area contributed by atoms with Crippen LogP contribution in [0.5, 0.6) is 0 Å². The lowest BCUT2D eigenvalue weighted by Gasteiger charge is -2.12. The molecule has 110 valence electrons. The van der Waals surface area contributed by atoms with Crippen LogP contribution in [0.25, 0.3) is 0 Å². The topological polar surface area (TPSA) is 55.4 Å². The average molecular weight is 307 g/mol. The molecule has 1 N–H and O–H groups in total. The van der Waals surface area contributed by atoms with E-state index in [1.165, 1.54) is 23.5 Å². The molecule has 1 atom stereocenters. The number of carbonyl (C=O) groups is 2. The highest BCUT2D eigenvalue weighted by Crippen LogP contribution is 2.17. The summed E-state index contributed by atoms with van der Waals surface area (Å²) in [7, 11) is 0. The maximum absolute atomic E-state index is 12.7. The van der Waals surface area contributed by atoms with Crippen molar-refractivity contribution in [1.29, 1.82) is 0 Å². The average Bonchev–Trinajstić information content (AvgIpc) is 3.00. The zero-order valence-electron chi connectivity index (χ0n) is 11.3. The zero-order chi connectivity index (χ0) is 15.2. The van der Waals surface area contributed by atoms with Crippen LogP contribution in [0.1, 0.15) is 28.2 Å². The van der Waals surface area contributed by atoms with Crippen LogP contribution in [-0.2, 0) is 9.53 Å². The fourth-order valence-electron chi connectivity index (χ4n) is 1.69. The second-order valence-corrected chi connectivity index (χ2v) is 5.37. The Kier molecular flexibility index (Phi) is 5.05. The molecule has 1 aromatic heterocycles. The molecule has 0 radical (unpaired) electrons. The van der Waals surface area contributed by atoms with Gasteiger partial charge in [0.15, 0.2) is 6.61 Å². The molecule has 0 spiro atoms. The first-order chi connectivity index (χ1) is 10.1. The standard InChI is InChI=1S/C15H14FNO3S/c1-10(13-3-2-8-21-13)17-14(18)9-20-15(19)11-4-6-12(16)7-5-11/h2-8,10H,9H2,1H3,(H,17,18)/t10-/m1/s1. The van der Waals surface area contributed by atoms with Gasteiger partial charge in [0.2, 0.25) is 0 Å². The zero-order valence-corrected chi connectivity index (χ0v) is 12.2. The van der Waals surface area contributed by atoms with Crippen LogP contribution in [0.4, 0.5) is 4.39 Å². The highest BCUT2D eigenvalue weighted by molar-refractivity contribution is 7.10. The quantitative estimate of drug-likeness (QED) is 0.864. The second-order valence-electron chi connectivity index (χ2n) is 4.39. The molecular weight excluding hydrogens is 293 g/mol. The Hall–Kier alpha value is -2.21. The number of nitrogens with one attached hydrogen (secondary N) is 1. The molecule has 0 bridgehead atoms. The number of benzene rings is 1. The monoisotopic (exact) mass is 307 g/mol. The van der Waals surface area contributed by atoms with E-state index < -0.39 is 11.8 Å². The molecular formula is C15H14FNO3S. The number of ether oxygens (including phenoxy) is 1. The van der Waals surface area contributed by atoms with Gasteiger partial charge < -0.3 is 10.1 Å². The number of halogens is 1. The highest BCUT2D eigenvalue weighted by atomic mass is 32.1. The van der Waals surface area contributed by atoms with E-state index in [-0.39, 0.29) is 24.1 Å². The summed E-state index contributed by atoms with van der Waals surface area (Å²) in [5.74, 6) is -1.48. The lowest BCUT2D eigenvalue weighted by Crippen LogP contribution is -2.30. The summed E-state index contributed by atoms with van der Waals surface area (Å²) < 4.78 is 17.6. The molecule has 0 aliphatic heterocycles. The fraction of sp³-hybridized carbons (Fsp3) is 0.200. The van der Waals surface area contributed by atoms with Crippen molar-refractivity contribution in [1.82, 2.24) is 5.32 Å². The third-order valence-electron chi connectivity index (χ3n) is 2.76. The van der Waals surface area contributed by atoms with Gasteiger partial charge >= 0.3 is 5.97 Å². The van der Waals surface area contributed by atoms with Crippen molar-refractivity contribution in [2.45, 2.75) is 13.0 Å². The highest BCUT2D eigenvalue weighted by Gasteiger charge is 2.13. The summed E-state index contributed by atoms with van der Waals surface area (Å²) >= 11 is 1.54. The molecule has 0 aliphatic carbocycles. The van der Waals surface area contributed by atoms with Crippen LogP contribution in [0.15, 0.2) is 41.8 Å². The number of carbonyl (C=O) groups excluding carboxylic acids is 2. The van der Waals surface area contributed by atoms with Crippen LogP contribution in [0.2, 0.25) is 0 Å². The van der Waals surface area contributed by atoms with Gasteiger partial charge in [0, 0.05) is 4.88 Å². The maximum Gasteiger partial charge on any atom is 0.338 e. The summed E-state index contributed by atoms with van der Waals surface area (Å²) in [5, 5.41) is 4.66. The molecule has 2 rings (SSSR count). The van der Waals surface area contributed by atoms with Crippen molar-refractivity contribution < 1.29 is 18.7 Å². The molecule has 6 heteroatoms. The van der Waals surface area contributed by atoms with Gasteiger partial charge in [-0.1, -0.05) is 6.07 Å². The molecule has 0 saturated heterocycles. The Labute approximate surface area is 125 Å². The molecule has 0 saturated carbocycles. The van der Waals surface area contributed by atoms with E-state index in [1.807, 2.05) is 24.4 Å². The predicted molar refractivity (Wildman–Crippen MR) is 77.6 cm³/mol. The summed E-state index contributed by atoms with van der Waals surface area (Å²) in [6.07, 6.45) is 0. The van der Waals surface area contributed by atoms with Gasteiger partial charge in [-0.05, 0) is 42.6 Å². The Morgan fingerprint density at radius 2 is 2.00 bits per heavy atom. The van der Waals surface area contributed by atoms with E-state index in [0.717, 1.165) is 17.0 Å². The molecule has 0 aliphatic rings. The number of rotatable bonds is 5. The number of hydrogen-bond acceptors (Lipinski definition) is 4. The van der Waals surface area contributed by atoms with Crippen molar-refractivity contribution in [3.8, 4) is 0 Å². The Morgan fingerprint density at radius 1 is 1.29 bits per heavy atom. The predicted octanol–water partition coefficient (Wildman–Crippen LogP) is 2.92. The van der Waals surface area contributed by atoms with Crippen LogP contribution in [-0.4, -0.2) is 18.5 Å². The van der Waals surface area contributed by atoms with E-state index in [4.69, 9.17) is 4.74 Å². The Balaban J connectivity index is 1.81. The third-order valence-corrected chi connectivity index (χ3v) is 3.82. The molecule has 1 heterocycles. The van der Waals surface area contributed by atoms with Gasteiger partial charge in [0.25, 0.3) is 5.91 Å². The first-order valence-corrected chi connectivity index (χ1v) is 7.19. The summed E-state index contributed by atoms with van der Waals surface area (Å²) in [5.41, 5.74) is 0.204.